The zero-order valence-electron chi connectivity index (χ0n) is 20.4. The van der Waals surface area contributed by atoms with Crippen molar-refractivity contribution >= 4 is 32.7 Å². The minimum atomic E-state index is 0.0378. The summed E-state index contributed by atoms with van der Waals surface area (Å²) < 4.78 is 8.45. The number of aromatic nitrogens is 1. The molecule has 0 aliphatic carbocycles. The Kier molecular flexibility index (Phi) is 7.46. The minimum Gasteiger partial charge on any atom is -0.506 e. The van der Waals surface area contributed by atoms with Gasteiger partial charge in [0.2, 0.25) is 0 Å². The van der Waals surface area contributed by atoms with Gasteiger partial charge in [-0.1, -0.05) is 36.8 Å². The topological polar surface area (TPSA) is 57.9 Å². The number of hydrogen-bond acceptors (Lipinski definition) is 4. The molecule has 0 atom stereocenters. The Hall–Kier alpha value is -2.35. The van der Waals surface area contributed by atoms with Crippen LogP contribution >= 0.6 is 15.9 Å². The van der Waals surface area contributed by atoms with Crippen molar-refractivity contribution in [2.45, 2.75) is 45.7 Å². The molecule has 0 spiro atoms. The maximum atomic E-state index is 13.9. The van der Waals surface area contributed by atoms with Crippen LogP contribution < -0.4 is 0 Å². The summed E-state index contributed by atoms with van der Waals surface area (Å²) >= 11 is 3.62. The molecule has 0 unspecified atom stereocenters. The molecular weight excluding hydrogens is 506 g/mol. The highest BCUT2D eigenvalue weighted by Crippen LogP contribution is 2.40. The number of carbonyl (C=O) groups excluding carboxylic acids is 1. The van der Waals surface area contributed by atoms with Gasteiger partial charge in [0, 0.05) is 42.8 Å². The number of rotatable bonds is 6. The van der Waals surface area contributed by atoms with Crippen molar-refractivity contribution in [3.8, 4) is 5.75 Å². The number of carbonyl (C=O) groups is 1. The van der Waals surface area contributed by atoms with Crippen LogP contribution in [0.1, 0.15) is 46.4 Å². The Morgan fingerprint density at radius 3 is 2.49 bits per heavy atom. The van der Waals surface area contributed by atoms with Crippen molar-refractivity contribution in [2.75, 3.05) is 39.4 Å². The van der Waals surface area contributed by atoms with E-state index in [4.69, 9.17) is 4.74 Å². The Bertz CT molecular complexity index is 1200. The molecule has 6 nitrogen and oxygen atoms in total. The third kappa shape index (κ3) is 4.99. The van der Waals surface area contributed by atoms with Gasteiger partial charge >= 0.3 is 0 Å². The quantitative estimate of drug-likeness (QED) is 0.472. The maximum absolute atomic E-state index is 13.9. The normalized spacial score (nSPS) is 17.3. The van der Waals surface area contributed by atoms with Crippen molar-refractivity contribution in [3.63, 3.8) is 0 Å². The van der Waals surface area contributed by atoms with Gasteiger partial charge in [0.25, 0.3) is 5.91 Å². The number of phenolic OH excluding ortho intramolecular Hbond substituents is 1. The van der Waals surface area contributed by atoms with E-state index in [9.17, 15) is 9.90 Å². The Labute approximate surface area is 215 Å². The lowest BCUT2D eigenvalue weighted by Crippen LogP contribution is -2.41. The van der Waals surface area contributed by atoms with Crippen molar-refractivity contribution in [1.29, 1.82) is 0 Å². The second-order valence-corrected chi connectivity index (χ2v) is 10.5. The number of hydrogen-bond donors (Lipinski definition) is 1. The molecule has 0 bridgehead atoms. The average Bonchev–Trinajstić information content (AvgIpc) is 3.17. The smallest absolute Gasteiger partial charge is 0.256 e. The molecule has 2 fully saturated rings. The van der Waals surface area contributed by atoms with Gasteiger partial charge in [0.05, 0.1) is 28.8 Å². The van der Waals surface area contributed by atoms with Crippen LogP contribution in [0.15, 0.2) is 40.9 Å². The molecule has 3 aromatic rings. The first-order chi connectivity index (χ1) is 17.0. The lowest BCUT2D eigenvalue weighted by Gasteiger charge is -2.28. The summed E-state index contributed by atoms with van der Waals surface area (Å²) in [5.41, 5.74) is 4.82. The monoisotopic (exact) mass is 539 g/mol. The maximum Gasteiger partial charge on any atom is 0.256 e. The van der Waals surface area contributed by atoms with E-state index < -0.39 is 0 Å². The van der Waals surface area contributed by atoms with Gasteiger partial charge in [-0.05, 0) is 66.8 Å². The van der Waals surface area contributed by atoms with Crippen LogP contribution in [0.2, 0.25) is 0 Å². The van der Waals surface area contributed by atoms with Crippen LogP contribution in [0.5, 0.6) is 5.75 Å². The third-order valence-corrected chi connectivity index (χ3v) is 8.05. The zero-order chi connectivity index (χ0) is 24.4. The molecule has 1 N–H and O–H groups in total. The van der Waals surface area contributed by atoms with Crippen molar-refractivity contribution < 1.29 is 14.6 Å². The largest absolute Gasteiger partial charge is 0.506 e. The van der Waals surface area contributed by atoms with Crippen LogP contribution in [0, 0.1) is 6.92 Å². The lowest BCUT2D eigenvalue weighted by atomic mass is 10.0. The van der Waals surface area contributed by atoms with Crippen molar-refractivity contribution in [1.82, 2.24) is 14.4 Å². The zero-order valence-corrected chi connectivity index (χ0v) is 22.0. The lowest BCUT2D eigenvalue weighted by molar-refractivity contribution is 0.0303. The summed E-state index contributed by atoms with van der Waals surface area (Å²) in [7, 11) is 0. The number of benzene rings is 2. The number of aryl methyl sites for hydroxylation is 2. The van der Waals surface area contributed by atoms with Gasteiger partial charge in [-0.3, -0.25) is 9.69 Å². The molecule has 35 heavy (non-hydrogen) atoms. The number of amides is 1. The predicted molar refractivity (Wildman–Crippen MR) is 142 cm³/mol. The molecule has 5 rings (SSSR count). The molecule has 0 radical (unpaired) electrons. The Balaban J connectivity index is 1.63. The molecule has 2 aliphatic rings. The van der Waals surface area contributed by atoms with Gasteiger partial charge in [0.1, 0.15) is 5.75 Å². The first-order valence-electron chi connectivity index (χ1n) is 12.7. The van der Waals surface area contributed by atoms with E-state index in [1.54, 1.807) is 0 Å². The Morgan fingerprint density at radius 1 is 1.06 bits per heavy atom. The summed E-state index contributed by atoms with van der Waals surface area (Å²) in [5.74, 6) is 0.287. The number of nitrogens with zero attached hydrogens (tertiary/aromatic N) is 3. The van der Waals surface area contributed by atoms with Crippen LogP contribution in [-0.2, 0) is 24.2 Å². The number of fused-ring (bicyclic) bond motifs is 1. The molecule has 3 heterocycles. The molecule has 2 saturated heterocycles. The third-order valence-electron chi connectivity index (χ3n) is 7.45. The first kappa shape index (κ1) is 24.3. The Morgan fingerprint density at radius 2 is 1.77 bits per heavy atom. The summed E-state index contributed by atoms with van der Waals surface area (Å²) in [5, 5.41) is 12.1. The highest BCUT2D eigenvalue weighted by atomic mass is 79.9. The van der Waals surface area contributed by atoms with E-state index in [2.05, 4.69) is 49.7 Å². The first-order valence-corrected chi connectivity index (χ1v) is 13.5. The molecule has 2 aliphatic heterocycles. The van der Waals surface area contributed by atoms with Gasteiger partial charge in [-0.25, -0.2) is 0 Å². The van der Waals surface area contributed by atoms with Crippen molar-refractivity contribution in [2.24, 2.45) is 0 Å². The number of likely N-dealkylation sites (tertiary alicyclic amines) is 1. The summed E-state index contributed by atoms with van der Waals surface area (Å²) in [6, 6.07) is 12.4. The molecule has 1 amide bonds. The molecule has 2 aromatic carbocycles. The van der Waals surface area contributed by atoms with Crippen molar-refractivity contribution in [3.05, 3.63) is 63.3 Å². The second kappa shape index (κ2) is 10.7. The van der Waals surface area contributed by atoms with E-state index in [1.807, 2.05) is 24.0 Å². The SMILES string of the molecule is Cc1c(C(=O)N2CCOCC2)c2c(CN3CCCCC3)c(O)c(Br)cc2n1CCc1ccccc1. The number of halogens is 1. The minimum absolute atomic E-state index is 0.0378. The van der Waals surface area contributed by atoms with E-state index >= 15 is 0 Å². The number of aromatic hydroxyl groups is 1. The second-order valence-electron chi connectivity index (χ2n) is 9.67. The molecule has 0 saturated carbocycles. The van der Waals surface area contributed by atoms with E-state index in [1.165, 1.54) is 24.8 Å². The number of phenols is 1. The predicted octanol–water partition coefficient (Wildman–Crippen LogP) is 5.12. The fraction of sp³-hybridized carbons (Fsp3) is 0.464. The average molecular weight is 541 g/mol. The van der Waals surface area contributed by atoms with E-state index in [0.717, 1.165) is 53.8 Å². The summed E-state index contributed by atoms with van der Waals surface area (Å²) in [6.07, 6.45) is 4.48. The molecular formula is C28H34BrN3O3. The molecule has 1 aromatic heterocycles. The highest BCUT2D eigenvalue weighted by molar-refractivity contribution is 9.10. The van der Waals surface area contributed by atoms with Gasteiger partial charge in [-0.2, -0.15) is 0 Å². The molecule has 7 heteroatoms. The van der Waals surface area contributed by atoms with Gasteiger partial charge < -0.3 is 19.3 Å². The van der Waals surface area contributed by atoms with E-state index in [0.29, 0.717) is 37.3 Å². The fourth-order valence-corrected chi connectivity index (χ4v) is 5.98. The van der Waals surface area contributed by atoms with Crippen LogP contribution in [0.25, 0.3) is 10.9 Å². The van der Waals surface area contributed by atoms with Crippen LogP contribution in [0.3, 0.4) is 0 Å². The standard InChI is InChI=1S/C28H34BrN3O3/c1-20-25(28(34)31-14-16-35-17-15-31)26-22(19-30-11-6-3-7-12-30)27(33)23(29)18-24(26)32(20)13-10-21-8-4-2-5-9-21/h2,4-5,8-9,18,33H,3,6-7,10-17,19H2,1H3. The highest BCUT2D eigenvalue weighted by Gasteiger charge is 2.30. The van der Waals surface area contributed by atoms with Gasteiger partial charge in [0.15, 0.2) is 0 Å². The van der Waals surface area contributed by atoms with Crippen LogP contribution in [0.4, 0.5) is 0 Å². The van der Waals surface area contributed by atoms with Gasteiger partial charge in [-0.15, -0.1) is 0 Å². The van der Waals surface area contributed by atoms with E-state index in [-0.39, 0.29) is 11.7 Å². The molecule has 186 valence electrons. The fourth-order valence-electron chi connectivity index (χ4n) is 5.52. The number of morpholine rings is 1. The summed E-state index contributed by atoms with van der Waals surface area (Å²) in [6.45, 7) is 7.83. The number of piperidine rings is 1. The number of ether oxygens (including phenoxy) is 1. The summed E-state index contributed by atoms with van der Waals surface area (Å²) in [4.78, 5) is 18.2. The van der Waals surface area contributed by atoms with Crippen LogP contribution in [-0.4, -0.2) is 64.8 Å².